The van der Waals surface area contributed by atoms with Gasteiger partial charge in [-0.1, -0.05) is 60.7 Å². The molecule has 2 fully saturated rings. The van der Waals surface area contributed by atoms with Crippen molar-refractivity contribution >= 4 is 23.6 Å². The second-order valence-corrected chi connectivity index (χ2v) is 9.64. The Morgan fingerprint density at radius 3 is 1.94 bits per heavy atom. The molecule has 1 N–H and O–H groups in total. The maximum Gasteiger partial charge on any atom is 0.237 e. The molecule has 1 aliphatic carbocycles. The molecule has 2 aromatic carbocycles. The molecule has 0 saturated carbocycles. The Labute approximate surface area is 202 Å². The van der Waals surface area contributed by atoms with Crippen molar-refractivity contribution in [2.45, 2.75) is 37.8 Å². The molecule has 1 unspecified atom stereocenters. The van der Waals surface area contributed by atoms with Gasteiger partial charge >= 0.3 is 0 Å². The molecule has 35 heavy (non-hydrogen) atoms. The Hall–Kier alpha value is -4.00. The van der Waals surface area contributed by atoms with E-state index >= 15 is 0 Å². The summed E-state index contributed by atoms with van der Waals surface area (Å²) in [5, 5.41) is 0. The highest BCUT2D eigenvalue weighted by molar-refractivity contribution is 6.08. The standard InChI is InChI=1S/C28H25N3O4/c32-23-14-21(26(33)30(23)15-17-7-3-1-4-8-17)20-13-22-24(19-11-12-29-25(19)20)28(35)31(27(22)34)16-18-9-5-2-6-10-18/h1-12,20-22,24,29H,13-16H2/t20-,21?,22-,24+/m0/s1. The molecule has 0 spiro atoms. The number of nitrogens with zero attached hydrogens (tertiary/aromatic N) is 2. The van der Waals surface area contributed by atoms with Crippen LogP contribution >= 0.6 is 0 Å². The van der Waals surface area contributed by atoms with Crippen molar-refractivity contribution in [3.63, 3.8) is 0 Å². The first-order valence-corrected chi connectivity index (χ1v) is 12.0. The summed E-state index contributed by atoms with van der Waals surface area (Å²) < 4.78 is 0. The van der Waals surface area contributed by atoms with E-state index in [1.54, 1.807) is 6.20 Å². The number of aromatic nitrogens is 1. The van der Waals surface area contributed by atoms with Crippen LogP contribution in [0.25, 0.3) is 0 Å². The second kappa shape index (κ2) is 8.34. The number of carbonyl (C=O) groups is 4. The third-order valence-electron chi connectivity index (χ3n) is 7.68. The number of fused-ring (bicyclic) bond motifs is 3. The number of benzene rings is 2. The molecule has 2 saturated heterocycles. The van der Waals surface area contributed by atoms with E-state index in [1.165, 1.54) is 9.80 Å². The van der Waals surface area contributed by atoms with Crippen LogP contribution in [0.5, 0.6) is 0 Å². The number of hydrogen-bond donors (Lipinski definition) is 1. The first kappa shape index (κ1) is 21.5. The van der Waals surface area contributed by atoms with E-state index in [0.29, 0.717) is 6.42 Å². The van der Waals surface area contributed by atoms with Crippen molar-refractivity contribution in [3.8, 4) is 0 Å². The predicted molar refractivity (Wildman–Crippen MR) is 126 cm³/mol. The maximum atomic E-state index is 13.4. The number of nitrogens with one attached hydrogen (secondary N) is 1. The highest BCUT2D eigenvalue weighted by atomic mass is 16.2. The topological polar surface area (TPSA) is 90.5 Å². The molecular weight excluding hydrogens is 442 g/mol. The molecule has 4 atom stereocenters. The summed E-state index contributed by atoms with van der Waals surface area (Å²) in [6.07, 6.45) is 2.25. The molecular formula is C28H25N3O4. The molecule has 3 aliphatic rings. The van der Waals surface area contributed by atoms with E-state index < -0.39 is 17.8 Å². The number of hydrogen-bond acceptors (Lipinski definition) is 4. The van der Waals surface area contributed by atoms with Gasteiger partial charge in [-0.3, -0.25) is 29.0 Å². The van der Waals surface area contributed by atoms with Crippen LogP contribution in [-0.4, -0.2) is 38.4 Å². The fourth-order valence-corrected chi connectivity index (χ4v) is 6.00. The summed E-state index contributed by atoms with van der Waals surface area (Å²) in [6, 6.07) is 20.8. The lowest BCUT2D eigenvalue weighted by Gasteiger charge is -2.32. The van der Waals surface area contributed by atoms with E-state index in [1.807, 2.05) is 66.7 Å². The van der Waals surface area contributed by atoms with E-state index in [9.17, 15) is 19.2 Å². The van der Waals surface area contributed by atoms with E-state index in [2.05, 4.69) is 4.98 Å². The number of rotatable bonds is 5. The lowest BCUT2D eigenvalue weighted by molar-refractivity contribution is -0.142. The third kappa shape index (κ3) is 3.50. The molecule has 0 radical (unpaired) electrons. The number of carbonyl (C=O) groups excluding carboxylic acids is 4. The molecule has 7 heteroatoms. The number of imide groups is 2. The normalized spacial score (nSPS) is 25.8. The van der Waals surface area contributed by atoms with Gasteiger partial charge in [0.2, 0.25) is 23.6 Å². The Kier molecular flexibility index (Phi) is 5.13. The maximum absolute atomic E-state index is 13.4. The first-order valence-electron chi connectivity index (χ1n) is 12.0. The van der Waals surface area contributed by atoms with Crippen LogP contribution in [-0.2, 0) is 32.3 Å². The van der Waals surface area contributed by atoms with Crippen LogP contribution in [0.1, 0.15) is 47.1 Å². The van der Waals surface area contributed by atoms with Gasteiger partial charge in [-0.05, 0) is 29.2 Å². The van der Waals surface area contributed by atoms with Gasteiger partial charge in [-0.25, -0.2) is 0 Å². The zero-order valence-corrected chi connectivity index (χ0v) is 19.1. The minimum atomic E-state index is -0.546. The third-order valence-corrected chi connectivity index (χ3v) is 7.68. The van der Waals surface area contributed by atoms with Crippen molar-refractivity contribution in [1.82, 2.24) is 14.8 Å². The van der Waals surface area contributed by atoms with Crippen molar-refractivity contribution in [2.24, 2.45) is 11.8 Å². The Morgan fingerprint density at radius 2 is 1.29 bits per heavy atom. The average molecular weight is 468 g/mol. The fourth-order valence-electron chi connectivity index (χ4n) is 6.00. The molecule has 3 aromatic rings. The SMILES string of the molecule is O=C1CC([C@@H]2C[C@@H]3C(=O)N(Cc4ccccc4)C(=O)[C@@H]3c3cc[nH]c32)C(=O)N1Cc1ccccc1. The highest BCUT2D eigenvalue weighted by Gasteiger charge is 2.55. The second-order valence-electron chi connectivity index (χ2n) is 9.64. The van der Waals surface area contributed by atoms with Crippen molar-refractivity contribution < 1.29 is 19.2 Å². The van der Waals surface area contributed by atoms with E-state index in [4.69, 9.17) is 0 Å². The van der Waals surface area contributed by atoms with Crippen LogP contribution in [0, 0.1) is 11.8 Å². The van der Waals surface area contributed by atoms with Crippen LogP contribution < -0.4 is 0 Å². The molecule has 2 aliphatic heterocycles. The molecule has 6 rings (SSSR count). The summed E-state index contributed by atoms with van der Waals surface area (Å²) in [7, 11) is 0. The summed E-state index contributed by atoms with van der Waals surface area (Å²) in [5.41, 5.74) is 3.38. The smallest absolute Gasteiger partial charge is 0.237 e. The van der Waals surface area contributed by atoms with Crippen molar-refractivity contribution in [2.75, 3.05) is 0 Å². The summed E-state index contributed by atoms with van der Waals surface area (Å²) in [6.45, 7) is 0.481. The molecule has 0 bridgehead atoms. The quantitative estimate of drug-likeness (QED) is 0.583. The summed E-state index contributed by atoms with van der Waals surface area (Å²) in [4.78, 5) is 59.0. The average Bonchev–Trinajstić information content (AvgIpc) is 3.53. The Balaban J connectivity index is 1.28. The van der Waals surface area contributed by atoms with Gasteiger partial charge in [0.25, 0.3) is 0 Å². The summed E-state index contributed by atoms with van der Waals surface area (Å²) >= 11 is 0. The molecule has 176 valence electrons. The zero-order valence-electron chi connectivity index (χ0n) is 19.1. The number of amides is 4. The van der Waals surface area contributed by atoms with Gasteiger partial charge in [0.1, 0.15) is 0 Å². The first-order chi connectivity index (χ1) is 17.0. The lowest BCUT2D eigenvalue weighted by Crippen LogP contribution is -2.34. The van der Waals surface area contributed by atoms with Gasteiger partial charge in [-0.15, -0.1) is 0 Å². The molecule has 7 nitrogen and oxygen atoms in total. The zero-order chi connectivity index (χ0) is 24.1. The summed E-state index contributed by atoms with van der Waals surface area (Å²) in [5.74, 6) is -2.72. The van der Waals surface area contributed by atoms with E-state index in [0.717, 1.165) is 22.4 Å². The Morgan fingerprint density at radius 1 is 0.686 bits per heavy atom. The number of aromatic amines is 1. The van der Waals surface area contributed by atoms with Crippen molar-refractivity contribution in [3.05, 3.63) is 95.3 Å². The number of likely N-dealkylation sites (tertiary alicyclic amines) is 2. The molecule has 4 amide bonds. The van der Waals surface area contributed by atoms with E-state index in [-0.39, 0.29) is 49.1 Å². The van der Waals surface area contributed by atoms with Crippen LogP contribution in [0.2, 0.25) is 0 Å². The van der Waals surface area contributed by atoms with Gasteiger partial charge in [0.15, 0.2) is 0 Å². The highest BCUT2D eigenvalue weighted by Crippen LogP contribution is 2.51. The lowest BCUT2D eigenvalue weighted by atomic mass is 9.69. The Bertz CT molecular complexity index is 1320. The largest absolute Gasteiger partial charge is 0.364 e. The predicted octanol–water partition coefficient (Wildman–Crippen LogP) is 3.35. The number of H-pyrrole nitrogens is 1. The molecule has 1 aromatic heterocycles. The van der Waals surface area contributed by atoms with Gasteiger partial charge < -0.3 is 4.98 Å². The van der Waals surface area contributed by atoms with Crippen LogP contribution in [0.3, 0.4) is 0 Å². The fraction of sp³-hybridized carbons (Fsp3) is 0.286. The van der Waals surface area contributed by atoms with Gasteiger partial charge in [0, 0.05) is 24.2 Å². The minimum absolute atomic E-state index is 0.113. The van der Waals surface area contributed by atoms with Crippen molar-refractivity contribution in [1.29, 1.82) is 0 Å². The van der Waals surface area contributed by atoms with Gasteiger partial charge in [0.05, 0.1) is 30.8 Å². The van der Waals surface area contributed by atoms with Crippen LogP contribution in [0.15, 0.2) is 72.9 Å². The minimum Gasteiger partial charge on any atom is -0.364 e. The monoisotopic (exact) mass is 467 g/mol. The van der Waals surface area contributed by atoms with Crippen LogP contribution in [0.4, 0.5) is 0 Å². The van der Waals surface area contributed by atoms with Gasteiger partial charge in [-0.2, -0.15) is 0 Å². The molecule has 3 heterocycles.